The molecule has 1 aromatic carbocycles. The number of alkyl halides is 2. The van der Waals surface area contributed by atoms with E-state index in [-0.39, 0.29) is 17.7 Å². The van der Waals surface area contributed by atoms with Crippen LogP contribution < -0.4 is 10.1 Å². The summed E-state index contributed by atoms with van der Waals surface area (Å²) in [5, 5.41) is 3.21. The van der Waals surface area contributed by atoms with Gasteiger partial charge in [-0.15, -0.1) is 0 Å². The van der Waals surface area contributed by atoms with Crippen molar-refractivity contribution in [1.29, 1.82) is 0 Å². The van der Waals surface area contributed by atoms with Crippen LogP contribution in [0.5, 0.6) is 5.75 Å². The first-order valence-electron chi connectivity index (χ1n) is 7.18. The van der Waals surface area contributed by atoms with Gasteiger partial charge >= 0.3 is 6.61 Å². The largest absolute Gasteiger partial charge is 0.434 e. The highest BCUT2D eigenvalue weighted by Gasteiger charge is 2.39. The fourth-order valence-corrected chi connectivity index (χ4v) is 2.62. The lowest BCUT2D eigenvalue weighted by Crippen LogP contribution is -2.31. The Morgan fingerprint density at radius 2 is 2.05 bits per heavy atom. The second-order valence-corrected chi connectivity index (χ2v) is 4.98. The number of halogens is 2. The number of benzene rings is 1. The molecule has 1 saturated heterocycles. The Morgan fingerprint density at radius 1 is 1.33 bits per heavy atom. The van der Waals surface area contributed by atoms with Crippen LogP contribution >= 0.6 is 0 Å². The van der Waals surface area contributed by atoms with Crippen molar-refractivity contribution >= 4 is 5.91 Å². The Labute approximate surface area is 123 Å². The van der Waals surface area contributed by atoms with E-state index >= 15 is 0 Å². The van der Waals surface area contributed by atoms with Crippen LogP contribution in [0, 0.1) is 0 Å². The highest BCUT2D eigenvalue weighted by molar-refractivity contribution is 5.84. The van der Waals surface area contributed by atoms with Gasteiger partial charge in [-0.1, -0.05) is 32.0 Å². The lowest BCUT2D eigenvalue weighted by molar-refractivity contribution is -0.130. The molecule has 1 fully saturated rings. The molecule has 2 rings (SSSR count). The highest BCUT2D eigenvalue weighted by Crippen LogP contribution is 2.33. The summed E-state index contributed by atoms with van der Waals surface area (Å²) < 4.78 is 29.6. The number of carbonyl (C=O) groups is 1. The number of hydrogen-bond acceptors (Lipinski definition) is 3. The molecule has 0 saturated carbocycles. The maximum Gasteiger partial charge on any atom is 0.387 e. The van der Waals surface area contributed by atoms with Crippen LogP contribution in [-0.2, 0) is 4.79 Å². The van der Waals surface area contributed by atoms with Crippen LogP contribution in [0.1, 0.15) is 38.4 Å². The average molecular weight is 298 g/mol. The molecule has 4 nitrogen and oxygen atoms in total. The summed E-state index contributed by atoms with van der Waals surface area (Å²) in [6, 6.07) is 6.32. The minimum absolute atomic E-state index is 0.0104. The molecule has 0 bridgehead atoms. The van der Waals surface area contributed by atoms with Gasteiger partial charge in [0.25, 0.3) is 0 Å². The number of hydrogen-bond donors (Lipinski definition) is 1. The topological polar surface area (TPSA) is 41.6 Å². The Morgan fingerprint density at radius 3 is 2.67 bits per heavy atom. The molecule has 2 unspecified atom stereocenters. The van der Waals surface area contributed by atoms with E-state index in [9.17, 15) is 13.6 Å². The van der Waals surface area contributed by atoms with Crippen LogP contribution in [-0.4, -0.2) is 30.0 Å². The summed E-state index contributed by atoms with van der Waals surface area (Å²) in [5.74, 6) is 0.117. The van der Waals surface area contributed by atoms with Crippen molar-refractivity contribution in [2.45, 2.75) is 45.5 Å². The number of carbonyl (C=O) groups excluding carboxylic acids is 1. The van der Waals surface area contributed by atoms with E-state index in [0.717, 1.165) is 6.42 Å². The van der Waals surface area contributed by atoms with E-state index < -0.39 is 12.8 Å². The van der Waals surface area contributed by atoms with Gasteiger partial charge in [0.2, 0.25) is 5.91 Å². The van der Waals surface area contributed by atoms with Crippen molar-refractivity contribution in [3.8, 4) is 5.75 Å². The van der Waals surface area contributed by atoms with E-state index in [2.05, 4.69) is 10.1 Å². The number of ether oxygens (including phenoxy) is 1. The van der Waals surface area contributed by atoms with Crippen LogP contribution in [0.3, 0.4) is 0 Å². The van der Waals surface area contributed by atoms with Crippen LogP contribution in [0.2, 0.25) is 0 Å². The third-order valence-corrected chi connectivity index (χ3v) is 3.55. The molecule has 0 radical (unpaired) electrons. The molecule has 21 heavy (non-hydrogen) atoms. The fraction of sp³-hybridized carbons (Fsp3) is 0.533. The van der Waals surface area contributed by atoms with Crippen LogP contribution in [0.25, 0.3) is 0 Å². The van der Waals surface area contributed by atoms with Gasteiger partial charge in [-0.05, 0) is 18.9 Å². The van der Waals surface area contributed by atoms with Crippen molar-refractivity contribution in [2.24, 2.45) is 0 Å². The van der Waals surface area contributed by atoms with Crippen molar-refractivity contribution in [1.82, 2.24) is 10.2 Å². The Balaban J connectivity index is 2.33. The normalized spacial score (nSPS) is 22.1. The minimum atomic E-state index is -2.88. The molecule has 2 atom stereocenters. The molecule has 6 heteroatoms. The summed E-state index contributed by atoms with van der Waals surface area (Å²) in [7, 11) is 0. The minimum Gasteiger partial charge on any atom is -0.434 e. The standard InChI is InChI=1S/C15H20F2N2O2/c1-3-9-19-13(18-11(4-2)14(19)20)10-7-5-6-8-12(10)21-15(16)17/h5-8,11,13,15,18H,3-4,9H2,1-2H3. The van der Waals surface area contributed by atoms with Crippen molar-refractivity contribution in [2.75, 3.05) is 6.54 Å². The smallest absolute Gasteiger partial charge is 0.387 e. The molecule has 1 amide bonds. The first-order valence-corrected chi connectivity index (χ1v) is 7.18. The molecule has 0 spiro atoms. The zero-order valence-corrected chi connectivity index (χ0v) is 12.2. The number of para-hydroxylation sites is 1. The van der Waals surface area contributed by atoms with Gasteiger partial charge in [-0.3, -0.25) is 10.1 Å². The van der Waals surface area contributed by atoms with E-state index in [1.165, 1.54) is 6.07 Å². The predicted molar refractivity (Wildman–Crippen MR) is 75.0 cm³/mol. The number of nitrogens with one attached hydrogen (secondary N) is 1. The lowest BCUT2D eigenvalue weighted by atomic mass is 10.1. The summed E-state index contributed by atoms with van der Waals surface area (Å²) in [4.78, 5) is 14.0. The Kier molecular flexibility index (Phi) is 5.12. The first-order chi connectivity index (χ1) is 10.1. The molecule has 1 heterocycles. The third-order valence-electron chi connectivity index (χ3n) is 3.55. The van der Waals surface area contributed by atoms with Gasteiger partial charge in [-0.2, -0.15) is 8.78 Å². The van der Waals surface area contributed by atoms with Gasteiger partial charge in [0.15, 0.2) is 0 Å². The summed E-state index contributed by atoms with van der Waals surface area (Å²) in [5.41, 5.74) is 0.565. The zero-order valence-electron chi connectivity index (χ0n) is 12.2. The van der Waals surface area contributed by atoms with Crippen molar-refractivity contribution < 1.29 is 18.3 Å². The van der Waals surface area contributed by atoms with E-state index in [0.29, 0.717) is 18.5 Å². The molecule has 1 aliphatic rings. The zero-order chi connectivity index (χ0) is 15.4. The molecule has 1 aromatic rings. The molecular formula is C15H20F2N2O2. The SMILES string of the molecule is CCCN1C(=O)C(CC)NC1c1ccccc1OC(F)F. The lowest BCUT2D eigenvalue weighted by Gasteiger charge is -2.25. The summed E-state index contributed by atoms with van der Waals surface area (Å²) >= 11 is 0. The number of nitrogens with zero attached hydrogens (tertiary/aromatic N) is 1. The second kappa shape index (κ2) is 6.85. The maximum absolute atomic E-state index is 12.5. The quantitative estimate of drug-likeness (QED) is 0.878. The predicted octanol–water partition coefficient (Wildman–Crippen LogP) is 2.91. The Hall–Kier alpha value is -1.69. The van der Waals surface area contributed by atoms with Crippen LogP contribution in [0.15, 0.2) is 24.3 Å². The van der Waals surface area contributed by atoms with Gasteiger partial charge < -0.3 is 9.64 Å². The van der Waals surface area contributed by atoms with E-state index in [1.54, 1.807) is 23.1 Å². The molecule has 0 aromatic heterocycles. The van der Waals surface area contributed by atoms with Gasteiger partial charge in [0.1, 0.15) is 11.9 Å². The van der Waals surface area contributed by atoms with Gasteiger partial charge in [0, 0.05) is 12.1 Å². The molecule has 116 valence electrons. The highest BCUT2D eigenvalue weighted by atomic mass is 19.3. The van der Waals surface area contributed by atoms with Gasteiger partial charge in [0.05, 0.1) is 6.04 Å². The third kappa shape index (κ3) is 3.32. The molecular weight excluding hydrogens is 278 g/mol. The monoisotopic (exact) mass is 298 g/mol. The molecule has 1 N–H and O–H groups in total. The summed E-state index contributed by atoms with van der Waals surface area (Å²) in [6.07, 6.45) is 1.04. The average Bonchev–Trinajstić information content (AvgIpc) is 2.76. The molecule has 0 aliphatic carbocycles. The first kappa shape index (κ1) is 15.7. The summed E-state index contributed by atoms with van der Waals surface area (Å²) in [6.45, 7) is 1.59. The number of rotatable bonds is 6. The van der Waals surface area contributed by atoms with E-state index in [4.69, 9.17) is 0 Å². The van der Waals surface area contributed by atoms with Crippen molar-refractivity contribution in [3.63, 3.8) is 0 Å². The molecule has 1 aliphatic heterocycles. The Bertz CT molecular complexity index is 496. The number of amides is 1. The van der Waals surface area contributed by atoms with Crippen LogP contribution in [0.4, 0.5) is 8.78 Å². The van der Waals surface area contributed by atoms with Crippen molar-refractivity contribution in [3.05, 3.63) is 29.8 Å². The van der Waals surface area contributed by atoms with E-state index in [1.807, 2.05) is 13.8 Å². The fourth-order valence-electron chi connectivity index (χ4n) is 2.62. The second-order valence-electron chi connectivity index (χ2n) is 4.98. The van der Waals surface area contributed by atoms with Gasteiger partial charge in [-0.25, -0.2) is 0 Å². The maximum atomic E-state index is 12.5.